The van der Waals surface area contributed by atoms with Crippen LogP contribution in [0.15, 0.2) is 24.3 Å². The summed E-state index contributed by atoms with van der Waals surface area (Å²) >= 11 is 5.59. The summed E-state index contributed by atoms with van der Waals surface area (Å²) in [5.74, 6) is 1.58. The number of halogens is 1. The molecule has 0 unspecified atom stereocenters. The van der Waals surface area contributed by atoms with Crippen LogP contribution in [0.2, 0.25) is 0 Å². The maximum atomic E-state index is 5.59. The Bertz CT molecular complexity index is 303. The second-order valence-corrected chi connectivity index (χ2v) is 5.03. The van der Waals surface area contributed by atoms with Crippen LogP contribution in [0.5, 0.6) is 5.75 Å². The summed E-state index contributed by atoms with van der Waals surface area (Å²) in [5.41, 5.74) is 1.61. The van der Waals surface area contributed by atoms with E-state index >= 15 is 0 Å². The highest BCUT2D eigenvalue weighted by Crippen LogP contribution is 2.27. The monoisotopic (exact) mass is 240 g/mol. The first-order valence-corrected chi connectivity index (χ1v) is 6.43. The van der Waals surface area contributed by atoms with E-state index in [1.54, 1.807) is 0 Å². The van der Waals surface area contributed by atoms with E-state index in [2.05, 4.69) is 32.9 Å². The molecule has 0 N–H and O–H groups in total. The molecule has 0 radical (unpaired) electrons. The first-order valence-electron chi connectivity index (χ1n) is 5.89. The van der Waals surface area contributed by atoms with Crippen molar-refractivity contribution in [2.75, 3.05) is 12.5 Å². The van der Waals surface area contributed by atoms with Gasteiger partial charge in [0.2, 0.25) is 0 Å². The Hall–Kier alpha value is -0.690. The second kappa shape index (κ2) is 6.15. The van der Waals surface area contributed by atoms with Crippen LogP contribution in [-0.4, -0.2) is 12.5 Å². The Morgan fingerprint density at radius 2 is 1.81 bits per heavy atom. The van der Waals surface area contributed by atoms with Gasteiger partial charge in [0.15, 0.2) is 0 Å². The number of alkyl halides is 1. The maximum Gasteiger partial charge on any atom is 0.119 e. The average Bonchev–Trinajstić information content (AvgIpc) is 2.30. The first-order chi connectivity index (χ1) is 7.60. The number of hydrogen-bond donors (Lipinski definition) is 0. The number of benzene rings is 1. The van der Waals surface area contributed by atoms with Crippen LogP contribution in [-0.2, 0) is 5.41 Å². The molecule has 1 aromatic carbocycles. The summed E-state index contributed by atoms with van der Waals surface area (Å²) in [6, 6.07) is 8.39. The van der Waals surface area contributed by atoms with E-state index in [0.29, 0.717) is 12.5 Å². The smallest absolute Gasteiger partial charge is 0.119 e. The molecule has 90 valence electrons. The van der Waals surface area contributed by atoms with Crippen LogP contribution in [0.3, 0.4) is 0 Å². The van der Waals surface area contributed by atoms with E-state index in [4.69, 9.17) is 16.3 Å². The fourth-order valence-electron chi connectivity index (χ4n) is 1.45. The lowest BCUT2D eigenvalue weighted by Crippen LogP contribution is -2.15. The normalized spacial score (nSPS) is 11.5. The van der Waals surface area contributed by atoms with Crippen molar-refractivity contribution in [3.8, 4) is 5.75 Å². The standard InChI is InChI=1S/C14H21ClO/c1-4-14(2,3)12-6-8-13(9-7-12)16-11-5-10-15/h6-9H,4-5,10-11H2,1-3H3. The minimum atomic E-state index is 0.245. The van der Waals surface area contributed by atoms with Gasteiger partial charge < -0.3 is 4.74 Å². The molecule has 0 aliphatic carbocycles. The first kappa shape index (κ1) is 13.4. The maximum absolute atomic E-state index is 5.59. The van der Waals surface area contributed by atoms with Crippen LogP contribution in [0.25, 0.3) is 0 Å². The molecule has 0 aliphatic heterocycles. The Morgan fingerprint density at radius 3 is 2.31 bits per heavy atom. The molecule has 0 amide bonds. The van der Waals surface area contributed by atoms with Gasteiger partial charge >= 0.3 is 0 Å². The van der Waals surface area contributed by atoms with Crippen molar-refractivity contribution in [1.29, 1.82) is 0 Å². The lowest BCUT2D eigenvalue weighted by molar-refractivity contribution is 0.318. The quantitative estimate of drug-likeness (QED) is 0.530. The van der Waals surface area contributed by atoms with E-state index in [0.717, 1.165) is 18.6 Å². The highest BCUT2D eigenvalue weighted by atomic mass is 35.5. The van der Waals surface area contributed by atoms with Gasteiger partial charge in [0.1, 0.15) is 5.75 Å². The summed E-state index contributed by atoms with van der Waals surface area (Å²) in [6.07, 6.45) is 2.03. The van der Waals surface area contributed by atoms with Gasteiger partial charge in [-0.15, -0.1) is 11.6 Å². The Morgan fingerprint density at radius 1 is 1.19 bits per heavy atom. The van der Waals surface area contributed by atoms with Gasteiger partial charge in [-0.2, -0.15) is 0 Å². The molecule has 16 heavy (non-hydrogen) atoms. The highest BCUT2D eigenvalue weighted by Gasteiger charge is 2.17. The zero-order chi connectivity index (χ0) is 12.0. The van der Waals surface area contributed by atoms with E-state index in [-0.39, 0.29) is 5.41 Å². The van der Waals surface area contributed by atoms with Crippen LogP contribution in [0, 0.1) is 0 Å². The molecule has 0 spiro atoms. The van der Waals surface area contributed by atoms with Crippen molar-refractivity contribution in [2.45, 2.75) is 39.0 Å². The third kappa shape index (κ3) is 3.71. The molecule has 0 saturated carbocycles. The van der Waals surface area contributed by atoms with Crippen molar-refractivity contribution in [3.05, 3.63) is 29.8 Å². The number of rotatable bonds is 6. The zero-order valence-electron chi connectivity index (χ0n) is 10.4. The molecule has 0 heterocycles. The molecular weight excluding hydrogens is 220 g/mol. The lowest BCUT2D eigenvalue weighted by Gasteiger charge is -2.23. The zero-order valence-corrected chi connectivity index (χ0v) is 11.2. The molecule has 0 atom stereocenters. The Kier molecular flexibility index (Phi) is 5.14. The predicted molar refractivity (Wildman–Crippen MR) is 70.6 cm³/mol. The second-order valence-electron chi connectivity index (χ2n) is 4.65. The van der Waals surface area contributed by atoms with Crippen LogP contribution in [0.1, 0.15) is 39.2 Å². The molecule has 0 aromatic heterocycles. The molecule has 0 fully saturated rings. The Balaban J connectivity index is 2.61. The van der Waals surface area contributed by atoms with E-state index < -0.39 is 0 Å². The summed E-state index contributed by atoms with van der Waals surface area (Å²) in [5, 5.41) is 0. The fourth-order valence-corrected chi connectivity index (χ4v) is 1.56. The van der Waals surface area contributed by atoms with Crippen molar-refractivity contribution in [1.82, 2.24) is 0 Å². The topological polar surface area (TPSA) is 9.23 Å². The lowest BCUT2D eigenvalue weighted by atomic mass is 9.82. The van der Waals surface area contributed by atoms with Crippen molar-refractivity contribution < 1.29 is 4.74 Å². The molecular formula is C14H21ClO. The van der Waals surface area contributed by atoms with E-state index in [1.807, 2.05) is 12.1 Å². The number of ether oxygens (including phenoxy) is 1. The van der Waals surface area contributed by atoms with Gasteiger partial charge in [-0.25, -0.2) is 0 Å². The highest BCUT2D eigenvalue weighted by molar-refractivity contribution is 6.17. The minimum Gasteiger partial charge on any atom is -0.494 e. The molecule has 1 nitrogen and oxygen atoms in total. The average molecular weight is 241 g/mol. The Labute approximate surface area is 104 Å². The molecule has 2 heteroatoms. The van der Waals surface area contributed by atoms with E-state index in [9.17, 15) is 0 Å². The van der Waals surface area contributed by atoms with Crippen molar-refractivity contribution in [3.63, 3.8) is 0 Å². The van der Waals surface area contributed by atoms with Crippen LogP contribution in [0.4, 0.5) is 0 Å². The molecule has 1 aromatic rings. The molecule has 1 rings (SSSR count). The molecule has 0 aliphatic rings. The van der Waals surface area contributed by atoms with Gasteiger partial charge in [-0.05, 0) is 36.0 Å². The van der Waals surface area contributed by atoms with Crippen molar-refractivity contribution in [2.24, 2.45) is 0 Å². The van der Waals surface area contributed by atoms with Crippen molar-refractivity contribution >= 4 is 11.6 Å². The van der Waals surface area contributed by atoms with Crippen LogP contribution < -0.4 is 4.74 Å². The van der Waals surface area contributed by atoms with Gasteiger partial charge in [0, 0.05) is 5.88 Å². The van der Waals surface area contributed by atoms with E-state index in [1.165, 1.54) is 5.56 Å². The summed E-state index contributed by atoms with van der Waals surface area (Å²) in [7, 11) is 0. The minimum absolute atomic E-state index is 0.245. The van der Waals surface area contributed by atoms with Crippen LogP contribution >= 0.6 is 11.6 Å². The third-order valence-corrected chi connectivity index (χ3v) is 3.33. The van der Waals surface area contributed by atoms with Gasteiger partial charge in [0.05, 0.1) is 6.61 Å². The van der Waals surface area contributed by atoms with Gasteiger partial charge in [-0.1, -0.05) is 32.9 Å². The van der Waals surface area contributed by atoms with Gasteiger partial charge in [0.25, 0.3) is 0 Å². The summed E-state index contributed by atoms with van der Waals surface area (Å²) < 4.78 is 5.56. The predicted octanol–water partition coefficient (Wildman–Crippen LogP) is 4.38. The molecule has 0 bridgehead atoms. The third-order valence-electron chi connectivity index (χ3n) is 3.07. The largest absolute Gasteiger partial charge is 0.494 e. The SMILES string of the molecule is CCC(C)(C)c1ccc(OCCCCl)cc1. The fraction of sp³-hybridized carbons (Fsp3) is 0.571. The number of hydrogen-bond acceptors (Lipinski definition) is 1. The summed E-state index contributed by atoms with van der Waals surface area (Å²) in [6.45, 7) is 7.43. The summed E-state index contributed by atoms with van der Waals surface area (Å²) in [4.78, 5) is 0. The molecule has 0 saturated heterocycles. The van der Waals surface area contributed by atoms with Gasteiger partial charge in [-0.3, -0.25) is 0 Å².